The van der Waals surface area contributed by atoms with E-state index in [0.29, 0.717) is 15.7 Å². The van der Waals surface area contributed by atoms with Crippen molar-refractivity contribution in [2.45, 2.75) is 6.04 Å². The summed E-state index contributed by atoms with van der Waals surface area (Å²) in [6.45, 7) is 0. The van der Waals surface area contributed by atoms with Gasteiger partial charge in [-0.2, -0.15) is 0 Å². The molecule has 2 aromatic rings. The van der Waals surface area contributed by atoms with Crippen LogP contribution in [0.4, 0.5) is 10.1 Å². The van der Waals surface area contributed by atoms with E-state index in [0.717, 1.165) is 6.07 Å². The summed E-state index contributed by atoms with van der Waals surface area (Å²) < 4.78 is 13.5. The minimum Gasteiger partial charge on any atom is -0.322 e. The molecule has 3 N–H and O–H groups in total. The molecule has 0 saturated carbocycles. The molecule has 1 atom stereocenters. The van der Waals surface area contributed by atoms with E-state index in [4.69, 9.17) is 17.3 Å². The number of halogens is 3. The molecule has 3 nitrogen and oxygen atoms in total. The standard InChI is InChI=1S/C14H11BrClFN2O/c15-10-6-9(17)7-11(16)13(10)19-14(20)12(18)8-4-2-1-3-5-8/h1-7,12H,18H2,(H,19,20). The number of rotatable bonds is 3. The Morgan fingerprint density at radius 2 is 1.95 bits per heavy atom. The second-order valence-electron chi connectivity index (χ2n) is 4.12. The van der Waals surface area contributed by atoms with Gasteiger partial charge >= 0.3 is 0 Å². The molecule has 1 unspecified atom stereocenters. The number of hydrogen-bond donors (Lipinski definition) is 2. The lowest BCUT2D eigenvalue weighted by Crippen LogP contribution is -2.28. The van der Waals surface area contributed by atoms with Crippen LogP contribution in [0, 0.1) is 5.82 Å². The van der Waals surface area contributed by atoms with Crippen LogP contribution in [0.25, 0.3) is 0 Å². The quantitative estimate of drug-likeness (QED) is 0.876. The summed E-state index contributed by atoms with van der Waals surface area (Å²) in [6.07, 6.45) is 0. The maximum absolute atomic E-state index is 13.1. The van der Waals surface area contributed by atoms with Gasteiger partial charge in [-0.1, -0.05) is 41.9 Å². The van der Waals surface area contributed by atoms with Crippen molar-refractivity contribution in [2.24, 2.45) is 5.73 Å². The van der Waals surface area contributed by atoms with E-state index in [1.807, 2.05) is 6.07 Å². The lowest BCUT2D eigenvalue weighted by molar-refractivity contribution is -0.117. The fraction of sp³-hybridized carbons (Fsp3) is 0.0714. The van der Waals surface area contributed by atoms with Gasteiger partial charge in [0, 0.05) is 4.47 Å². The van der Waals surface area contributed by atoms with Crippen LogP contribution >= 0.6 is 27.5 Å². The summed E-state index contributed by atoms with van der Waals surface area (Å²) in [7, 11) is 0. The van der Waals surface area contributed by atoms with Gasteiger partial charge in [0.05, 0.1) is 10.7 Å². The van der Waals surface area contributed by atoms with Crippen LogP contribution in [0.3, 0.4) is 0 Å². The number of benzene rings is 2. The molecule has 6 heteroatoms. The lowest BCUT2D eigenvalue weighted by Gasteiger charge is -2.14. The topological polar surface area (TPSA) is 55.1 Å². The van der Waals surface area contributed by atoms with Crippen molar-refractivity contribution in [3.8, 4) is 0 Å². The van der Waals surface area contributed by atoms with Gasteiger partial charge in [0.25, 0.3) is 0 Å². The molecular formula is C14H11BrClFN2O. The molecule has 0 aliphatic heterocycles. The zero-order valence-corrected chi connectivity index (χ0v) is 12.6. The van der Waals surface area contributed by atoms with Crippen molar-refractivity contribution < 1.29 is 9.18 Å². The number of carbonyl (C=O) groups excluding carboxylic acids is 1. The fourth-order valence-electron chi connectivity index (χ4n) is 1.67. The van der Waals surface area contributed by atoms with Gasteiger partial charge < -0.3 is 11.1 Å². The van der Waals surface area contributed by atoms with Gasteiger partial charge in [-0.25, -0.2) is 4.39 Å². The van der Waals surface area contributed by atoms with Crippen molar-refractivity contribution >= 4 is 39.1 Å². The molecule has 0 bridgehead atoms. The number of nitrogens with two attached hydrogens (primary N) is 1. The third kappa shape index (κ3) is 3.36. The van der Waals surface area contributed by atoms with Crippen molar-refractivity contribution in [3.63, 3.8) is 0 Å². The highest BCUT2D eigenvalue weighted by atomic mass is 79.9. The van der Waals surface area contributed by atoms with Crippen LogP contribution in [-0.4, -0.2) is 5.91 Å². The molecule has 0 aliphatic carbocycles. The van der Waals surface area contributed by atoms with Crippen LogP contribution in [0.2, 0.25) is 5.02 Å². The third-order valence-electron chi connectivity index (χ3n) is 2.70. The Bertz CT molecular complexity index is 613. The average molecular weight is 358 g/mol. The van der Waals surface area contributed by atoms with Crippen LogP contribution in [0.5, 0.6) is 0 Å². The highest BCUT2D eigenvalue weighted by molar-refractivity contribution is 9.10. The Hall–Kier alpha value is -1.43. The first-order chi connectivity index (χ1) is 9.49. The number of hydrogen-bond acceptors (Lipinski definition) is 2. The van der Waals surface area contributed by atoms with E-state index in [1.165, 1.54) is 6.07 Å². The molecule has 104 valence electrons. The van der Waals surface area contributed by atoms with E-state index in [1.54, 1.807) is 24.3 Å². The summed E-state index contributed by atoms with van der Waals surface area (Å²) >= 11 is 9.06. The number of nitrogens with one attached hydrogen (secondary N) is 1. The minimum absolute atomic E-state index is 0.102. The molecule has 0 aliphatic rings. The SMILES string of the molecule is NC(C(=O)Nc1c(Cl)cc(F)cc1Br)c1ccccc1. The van der Waals surface area contributed by atoms with Crippen molar-refractivity contribution in [3.05, 3.63) is 63.3 Å². The van der Waals surface area contributed by atoms with Crippen molar-refractivity contribution in [2.75, 3.05) is 5.32 Å². The van der Waals surface area contributed by atoms with Crippen LogP contribution in [-0.2, 0) is 4.79 Å². The molecule has 1 amide bonds. The molecule has 0 saturated heterocycles. The summed E-state index contributed by atoms with van der Waals surface area (Å²) in [5.74, 6) is -0.919. The summed E-state index contributed by atoms with van der Waals surface area (Å²) in [4.78, 5) is 12.1. The van der Waals surface area contributed by atoms with Crippen molar-refractivity contribution in [1.82, 2.24) is 0 Å². The van der Waals surface area contributed by atoms with E-state index in [9.17, 15) is 9.18 Å². The second kappa shape index (κ2) is 6.35. The monoisotopic (exact) mass is 356 g/mol. The highest BCUT2D eigenvalue weighted by Crippen LogP contribution is 2.32. The number of amides is 1. The molecule has 2 aromatic carbocycles. The maximum atomic E-state index is 13.1. The molecule has 0 spiro atoms. The first-order valence-corrected chi connectivity index (χ1v) is 6.92. The predicted molar refractivity (Wildman–Crippen MR) is 81.1 cm³/mol. The molecule has 20 heavy (non-hydrogen) atoms. The van der Waals surface area contributed by atoms with Crippen LogP contribution < -0.4 is 11.1 Å². The van der Waals surface area contributed by atoms with Crippen LogP contribution in [0.1, 0.15) is 11.6 Å². The summed E-state index contributed by atoms with van der Waals surface area (Å²) in [5, 5.41) is 2.70. The summed E-state index contributed by atoms with van der Waals surface area (Å²) in [6, 6.07) is 10.4. The molecule has 0 fully saturated rings. The van der Waals surface area contributed by atoms with Gasteiger partial charge in [-0.3, -0.25) is 4.79 Å². The third-order valence-corrected chi connectivity index (χ3v) is 3.62. The van der Waals surface area contributed by atoms with Gasteiger partial charge in [-0.05, 0) is 33.6 Å². The fourth-order valence-corrected chi connectivity index (χ4v) is 2.57. The smallest absolute Gasteiger partial charge is 0.245 e. The van der Waals surface area contributed by atoms with Gasteiger partial charge in [-0.15, -0.1) is 0 Å². The van der Waals surface area contributed by atoms with Gasteiger partial charge in [0.1, 0.15) is 11.9 Å². The van der Waals surface area contributed by atoms with E-state index in [2.05, 4.69) is 21.2 Å². The lowest BCUT2D eigenvalue weighted by atomic mass is 10.1. The maximum Gasteiger partial charge on any atom is 0.245 e. The van der Waals surface area contributed by atoms with Gasteiger partial charge in [0.15, 0.2) is 0 Å². The van der Waals surface area contributed by atoms with E-state index < -0.39 is 17.8 Å². The Labute approximate surface area is 129 Å². The zero-order valence-electron chi connectivity index (χ0n) is 10.2. The highest BCUT2D eigenvalue weighted by Gasteiger charge is 2.18. The predicted octanol–water partition coefficient (Wildman–Crippen LogP) is 3.88. The molecule has 0 aromatic heterocycles. The Balaban J connectivity index is 2.20. The van der Waals surface area contributed by atoms with Crippen molar-refractivity contribution in [1.29, 1.82) is 0 Å². The zero-order chi connectivity index (χ0) is 14.7. The van der Waals surface area contributed by atoms with Gasteiger partial charge in [0.2, 0.25) is 5.91 Å². The second-order valence-corrected chi connectivity index (χ2v) is 5.38. The Morgan fingerprint density at radius 1 is 1.30 bits per heavy atom. The number of carbonyl (C=O) groups is 1. The van der Waals surface area contributed by atoms with Crippen LogP contribution in [0.15, 0.2) is 46.9 Å². The average Bonchev–Trinajstić information content (AvgIpc) is 2.42. The van der Waals surface area contributed by atoms with E-state index >= 15 is 0 Å². The molecule has 0 radical (unpaired) electrons. The Morgan fingerprint density at radius 3 is 2.55 bits per heavy atom. The summed E-state index contributed by atoms with van der Waals surface area (Å²) in [5.41, 5.74) is 6.85. The first kappa shape index (κ1) is 15.0. The van der Waals surface area contributed by atoms with E-state index in [-0.39, 0.29) is 5.02 Å². The molecule has 2 rings (SSSR count). The Kier molecular flexibility index (Phi) is 4.75. The largest absolute Gasteiger partial charge is 0.322 e. The number of anilines is 1. The minimum atomic E-state index is -0.829. The molecule has 0 heterocycles. The normalized spacial score (nSPS) is 12.0. The first-order valence-electron chi connectivity index (χ1n) is 5.75. The molecular weight excluding hydrogens is 347 g/mol.